The summed E-state index contributed by atoms with van der Waals surface area (Å²) in [5.41, 5.74) is 1.20. The molecular weight excluding hydrogens is 320 g/mol. The monoisotopic (exact) mass is 335 g/mol. The summed E-state index contributed by atoms with van der Waals surface area (Å²) in [6, 6.07) is 6.30. The van der Waals surface area contributed by atoms with E-state index < -0.39 is 0 Å². The first-order valence-corrected chi connectivity index (χ1v) is 6.82. The van der Waals surface area contributed by atoms with Gasteiger partial charge in [0, 0.05) is 16.7 Å². The third kappa shape index (κ3) is 2.78. The molecule has 1 heterocycles. The highest BCUT2D eigenvalue weighted by atomic mass is 127. The van der Waals surface area contributed by atoms with E-state index in [2.05, 4.69) is 46.5 Å². The first kappa shape index (κ1) is 11.5. The number of rotatable bonds is 1. The molecule has 0 saturated carbocycles. The summed E-state index contributed by atoms with van der Waals surface area (Å²) >= 11 is 8.55. The van der Waals surface area contributed by atoms with Gasteiger partial charge in [0.1, 0.15) is 0 Å². The summed E-state index contributed by atoms with van der Waals surface area (Å²) in [6.45, 7) is 4.61. The molecule has 0 radical (unpaired) electrons. The van der Waals surface area contributed by atoms with Crippen molar-refractivity contribution in [2.45, 2.75) is 19.8 Å². The summed E-state index contributed by atoms with van der Waals surface area (Å²) in [7, 11) is 0. The molecule has 0 atom stereocenters. The van der Waals surface area contributed by atoms with Gasteiger partial charge in [-0.05, 0) is 59.5 Å². The largest absolute Gasteiger partial charge is 0.370 e. The van der Waals surface area contributed by atoms with Gasteiger partial charge >= 0.3 is 0 Å². The maximum atomic E-state index is 6.25. The predicted molar refractivity (Wildman–Crippen MR) is 74.8 cm³/mol. The molecule has 0 N–H and O–H groups in total. The average Bonchev–Trinajstić information content (AvgIpc) is 2.20. The Balaban J connectivity index is 2.15. The molecule has 0 unspecified atom stereocenters. The second-order valence-electron chi connectivity index (χ2n) is 4.27. The Kier molecular flexibility index (Phi) is 3.78. The van der Waals surface area contributed by atoms with Crippen molar-refractivity contribution >= 4 is 39.9 Å². The standard InChI is InChI=1S/C12H15ClIN/c1-9-4-6-15(7-5-9)12-3-2-10(14)8-11(12)13/h2-3,8-9H,4-7H2,1H3. The lowest BCUT2D eigenvalue weighted by atomic mass is 9.99. The lowest BCUT2D eigenvalue weighted by molar-refractivity contribution is 0.438. The zero-order valence-corrected chi connectivity index (χ0v) is 11.8. The van der Waals surface area contributed by atoms with Crippen LogP contribution in [-0.4, -0.2) is 13.1 Å². The van der Waals surface area contributed by atoms with Crippen LogP contribution in [0.4, 0.5) is 5.69 Å². The van der Waals surface area contributed by atoms with Crippen molar-refractivity contribution in [3.05, 3.63) is 26.8 Å². The molecule has 0 aromatic heterocycles. The van der Waals surface area contributed by atoms with Crippen molar-refractivity contribution in [1.82, 2.24) is 0 Å². The van der Waals surface area contributed by atoms with Crippen LogP contribution in [-0.2, 0) is 0 Å². The van der Waals surface area contributed by atoms with Crippen LogP contribution in [0.5, 0.6) is 0 Å². The van der Waals surface area contributed by atoms with Crippen LogP contribution >= 0.6 is 34.2 Å². The lowest BCUT2D eigenvalue weighted by Gasteiger charge is -2.32. The molecule has 2 rings (SSSR count). The minimum absolute atomic E-state index is 0.865. The summed E-state index contributed by atoms with van der Waals surface area (Å²) < 4.78 is 1.20. The van der Waals surface area contributed by atoms with Gasteiger partial charge in [-0.2, -0.15) is 0 Å². The summed E-state index contributed by atoms with van der Waals surface area (Å²) in [6.07, 6.45) is 2.56. The molecule has 1 nitrogen and oxygen atoms in total. The fraction of sp³-hybridized carbons (Fsp3) is 0.500. The molecule has 1 fully saturated rings. The zero-order chi connectivity index (χ0) is 10.8. The highest BCUT2D eigenvalue weighted by Gasteiger charge is 2.17. The second-order valence-corrected chi connectivity index (χ2v) is 5.92. The normalized spacial score (nSPS) is 18.2. The highest BCUT2D eigenvalue weighted by molar-refractivity contribution is 14.1. The summed E-state index contributed by atoms with van der Waals surface area (Å²) in [5, 5.41) is 0.886. The SMILES string of the molecule is CC1CCN(c2ccc(I)cc2Cl)CC1. The van der Waals surface area contributed by atoms with Crippen molar-refractivity contribution in [1.29, 1.82) is 0 Å². The fourth-order valence-corrected chi connectivity index (χ4v) is 2.96. The van der Waals surface area contributed by atoms with Crippen molar-refractivity contribution in [2.24, 2.45) is 5.92 Å². The van der Waals surface area contributed by atoms with Gasteiger partial charge in [0.25, 0.3) is 0 Å². The number of piperidine rings is 1. The highest BCUT2D eigenvalue weighted by Crippen LogP contribution is 2.30. The van der Waals surface area contributed by atoms with Crippen molar-refractivity contribution < 1.29 is 0 Å². The number of hydrogen-bond acceptors (Lipinski definition) is 1. The third-order valence-electron chi connectivity index (χ3n) is 3.03. The third-order valence-corrected chi connectivity index (χ3v) is 4.01. The van der Waals surface area contributed by atoms with Gasteiger partial charge in [-0.1, -0.05) is 18.5 Å². The van der Waals surface area contributed by atoms with Crippen LogP contribution in [0.25, 0.3) is 0 Å². The van der Waals surface area contributed by atoms with Crippen LogP contribution in [0, 0.1) is 9.49 Å². The van der Waals surface area contributed by atoms with Crippen LogP contribution in [0.1, 0.15) is 19.8 Å². The smallest absolute Gasteiger partial charge is 0.0650 e. The first-order valence-electron chi connectivity index (χ1n) is 5.37. The maximum Gasteiger partial charge on any atom is 0.0650 e. The predicted octanol–water partition coefficient (Wildman–Crippen LogP) is 4.18. The molecule has 1 aliphatic heterocycles. The molecule has 1 aromatic rings. The van der Waals surface area contributed by atoms with Gasteiger partial charge in [0.2, 0.25) is 0 Å². The Labute approximate surface area is 110 Å². The van der Waals surface area contributed by atoms with Gasteiger partial charge in [0.15, 0.2) is 0 Å². The van der Waals surface area contributed by atoms with E-state index in [0.717, 1.165) is 24.0 Å². The van der Waals surface area contributed by atoms with E-state index in [1.54, 1.807) is 0 Å². The van der Waals surface area contributed by atoms with Crippen LogP contribution in [0.2, 0.25) is 5.02 Å². The van der Waals surface area contributed by atoms with Crippen LogP contribution in [0.15, 0.2) is 18.2 Å². The Morgan fingerprint density at radius 1 is 1.33 bits per heavy atom. The van der Waals surface area contributed by atoms with E-state index in [9.17, 15) is 0 Å². The Morgan fingerprint density at radius 2 is 2.00 bits per heavy atom. The van der Waals surface area contributed by atoms with Crippen molar-refractivity contribution in [3.8, 4) is 0 Å². The molecule has 1 saturated heterocycles. The number of halogens is 2. The molecule has 0 spiro atoms. The lowest BCUT2D eigenvalue weighted by Crippen LogP contribution is -2.32. The molecule has 1 aromatic carbocycles. The maximum absolute atomic E-state index is 6.25. The van der Waals surface area contributed by atoms with Crippen LogP contribution < -0.4 is 4.90 Å². The molecule has 1 aliphatic rings. The Morgan fingerprint density at radius 3 is 2.60 bits per heavy atom. The average molecular weight is 336 g/mol. The van der Waals surface area contributed by atoms with Gasteiger partial charge < -0.3 is 4.90 Å². The van der Waals surface area contributed by atoms with Gasteiger partial charge in [-0.3, -0.25) is 0 Å². The molecular formula is C12H15ClIN. The number of anilines is 1. The first-order chi connectivity index (χ1) is 7.16. The van der Waals surface area contributed by atoms with Gasteiger partial charge in [-0.25, -0.2) is 0 Å². The summed E-state index contributed by atoms with van der Waals surface area (Å²) in [5.74, 6) is 0.865. The van der Waals surface area contributed by atoms with E-state index in [-0.39, 0.29) is 0 Å². The Hall–Kier alpha value is 0.0400. The van der Waals surface area contributed by atoms with E-state index in [1.807, 2.05) is 6.07 Å². The van der Waals surface area contributed by atoms with E-state index in [0.29, 0.717) is 0 Å². The quantitative estimate of drug-likeness (QED) is 0.696. The minimum atomic E-state index is 0.865. The second kappa shape index (κ2) is 4.91. The van der Waals surface area contributed by atoms with Gasteiger partial charge in [-0.15, -0.1) is 0 Å². The topological polar surface area (TPSA) is 3.24 Å². The van der Waals surface area contributed by atoms with E-state index in [4.69, 9.17) is 11.6 Å². The summed E-state index contributed by atoms with van der Waals surface area (Å²) in [4.78, 5) is 2.40. The Bertz CT molecular complexity index is 345. The van der Waals surface area contributed by atoms with E-state index in [1.165, 1.54) is 22.1 Å². The number of nitrogens with zero attached hydrogens (tertiary/aromatic N) is 1. The van der Waals surface area contributed by atoms with Crippen molar-refractivity contribution in [3.63, 3.8) is 0 Å². The van der Waals surface area contributed by atoms with Crippen molar-refractivity contribution in [2.75, 3.05) is 18.0 Å². The minimum Gasteiger partial charge on any atom is -0.370 e. The molecule has 15 heavy (non-hydrogen) atoms. The number of benzene rings is 1. The molecule has 82 valence electrons. The molecule has 3 heteroatoms. The van der Waals surface area contributed by atoms with Gasteiger partial charge in [0.05, 0.1) is 10.7 Å². The zero-order valence-electron chi connectivity index (χ0n) is 8.84. The molecule has 0 amide bonds. The van der Waals surface area contributed by atoms with E-state index >= 15 is 0 Å². The molecule has 0 aliphatic carbocycles. The molecule has 0 bridgehead atoms. The number of hydrogen-bond donors (Lipinski definition) is 0. The fourth-order valence-electron chi connectivity index (χ4n) is 1.99. The van der Waals surface area contributed by atoms with Crippen LogP contribution in [0.3, 0.4) is 0 Å².